The summed E-state index contributed by atoms with van der Waals surface area (Å²) in [5.41, 5.74) is 1.03. The first kappa shape index (κ1) is 12.2. The predicted octanol–water partition coefficient (Wildman–Crippen LogP) is -0.467. The minimum atomic E-state index is -0.460. The van der Waals surface area contributed by atoms with Gasteiger partial charge < -0.3 is 10.4 Å². The molecule has 1 unspecified atom stereocenters. The van der Waals surface area contributed by atoms with Gasteiger partial charge in [0.2, 0.25) is 0 Å². The molecule has 94 valence electrons. The molecule has 18 heavy (non-hydrogen) atoms. The van der Waals surface area contributed by atoms with Gasteiger partial charge in [0.15, 0.2) is 0 Å². The lowest BCUT2D eigenvalue weighted by atomic mass is 10.1. The third-order valence-electron chi connectivity index (χ3n) is 2.43. The van der Waals surface area contributed by atoms with Gasteiger partial charge in [0.25, 0.3) is 11.7 Å². The van der Waals surface area contributed by atoms with E-state index in [4.69, 9.17) is 0 Å². The monoisotopic (exact) mass is 247 g/mol. The smallest absolute Gasteiger partial charge is 0.293 e. The topological polar surface area (TPSA) is 104 Å². The maximum absolute atomic E-state index is 11.7. The van der Waals surface area contributed by atoms with E-state index < -0.39 is 5.91 Å². The van der Waals surface area contributed by atoms with Crippen molar-refractivity contribution in [3.63, 3.8) is 0 Å². The van der Waals surface area contributed by atoms with Crippen molar-refractivity contribution in [2.24, 2.45) is 0 Å². The third-order valence-corrected chi connectivity index (χ3v) is 2.43. The van der Waals surface area contributed by atoms with E-state index in [0.717, 1.165) is 5.56 Å². The Morgan fingerprint density at radius 3 is 2.78 bits per heavy atom. The van der Waals surface area contributed by atoms with E-state index in [1.165, 1.54) is 0 Å². The fourth-order valence-corrected chi connectivity index (χ4v) is 1.57. The van der Waals surface area contributed by atoms with Gasteiger partial charge in [-0.2, -0.15) is 5.21 Å². The SMILES string of the molecule is O=C(NC(CO)Cc1ccccc1)c1nn[nH]n1. The number of nitrogens with zero attached hydrogens (tertiary/aromatic N) is 3. The molecule has 0 saturated carbocycles. The normalized spacial score (nSPS) is 12.1. The van der Waals surface area contributed by atoms with Crippen molar-refractivity contribution >= 4 is 5.91 Å². The fraction of sp³-hybridized carbons (Fsp3) is 0.273. The van der Waals surface area contributed by atoms with Crippen LogP contribution in [0, 0.1) is 0 Å². The number of amides is 1. The highest BCUT2D eigenvalue weighted by Crippen LogP contribution is 2.03. The molecule has 0 bridgehead atoms. The van der Waals surface area contributed by atoms with Crippen molar-refractivity contribution in [2.75, 3.05) is 6.61 Å². The van der Waals surface area contributed by atoms with Gasteiger partial charge in [0.05, 0.1) is 12.6 Å². The predicted molar refractivity (Wildman–Crippen MR) is 62.7 cm³/mol. The van der Waals surface area contributed by atoms with E-state index in [9.17, 15) is 9.90 Å². The number of hydrogen-bond acceptors (Lipinski definition) is 5. The number of carbonyl (C=O) groups excluding carboxylic acids is 1. The summed E-state index contributed by atoms with van der Waals surface area (Å²) in [5.74, 6) is -0.500. The van der Waals surface area contributed by atoms with Crippen molar-refractivity contribution in [1.82, 2.24) is 25.9 Å². The van der Waals surface area contributed by atoms with Crippen LogP contribution in [0.4, 0.5) is 0 Å². The summed E-state index contributed by atoms with van der Waals surface area (Å²) < 4.78 is 0. The highest BCUT2D eigenvalue weighted by atomic mass is 16.3. The second kappa shape index (κ2) is 5.87. The second-order valence-corrected chi connectivity index (χ2v) is 3.78. The quantitative estimate of drug-likeness (QED) is 0.663. The Hall–Kier alpha value is -2.28. The number of tetrazole rings is 1. The standard InChI is InChI=1S/C11H13N5O2/c17-7-9(6-8-4-2-1-3-5-8)12-11(18)10-13-15-16-14-10/h1-5,9,17H,6-7H2,(H,12,18)(H,13,14,15,16). The van der Waals surface area contributed by atoms with Crippen LogP contribution in [-0.2, 0) is 6.42 Å². The molecule has 2 rings (SSSR count). The minimum Gasteiger partial charge on any atom is -0.394 e. The molecule has 0 spiro atoms. The zero-order valence-corrected chi connectivity index (χ0v) is 9.58. The summed E-state index contributed by atoms with van der Waals surface area (Å²) in [6, 6.07) is 9.22. The lowest BCUT2D eigenvalue weighted by Crippen LogP contribution is -2.39. The first-order valence-corrected chi connectivity index (χ1v) is 5.48. The number of H-pyrrole nitrogens is 1. The molecular weight excluding hydrogens is 234 g/mol. The van der Waals surface area contributed by atoms with E-state index >= 15 is 0 Å². The van der Waals surface area contributed by atoms with E-state index in [0.29, 0.717) is 6.42 Å². The lowest BCUT2D eigenvalue weighted by Gasteiger charge is -2.15. The molecule has 0 saturated heterocycles. The molecular formula is C11H13N5O2. The molecule has 0 fully saturated rings. The van der Waals surface area contributed by atoms with Crippen molar-refractivity contribution in [2.45, 2.75) is 12.5 Å². The Balaban J connectivity index is 1.96. The molecule has 0 aliphatic rings. The van der Waals surface area contributed by atoms with Gasteiger partial charge >= 0.3 is 0 Å². The van der Waals surface area contributed by atoms with Crippen LogP contribution in [0.3, 0.4) is 0 Å². The van der Waals surface area contributed by atoms with Gasteiger partial charge in [0, 0.05) is 0 Å². The molecule has 1 aromatic carbocycles. The molecule has 0 aliphatic carbocycles. The maximum atomic E-state index is 11.7. The molecule has 3 N–H and O–H groups in total. The van der Waals surface area contributed by atoms with E-state index in [-0.39, 0.29) is 18.5 Å². The molecule has 0 aliphatic heterocycles. The van der Waals surface area contributed by atoms with Crippen LogP contribution < -0.4 is 5.32 Å². The van der Waals surface area contributed by atoms with Crippen LogP contribution in [0.25, 0.3) is 0 Å². The largest absolute Gasteiger partial charge is 0.394 e. The van der Waals surface area contributed by atoms with E-state index in [1.807, 2.05) is 30.3 Å². The fourth-order valence-electron chi connectivity index (χ4n) is 1.57. The number of hydrogen-bond donors (Lipinski definition) is 3. The number of nitrogens with one attached hydrogen (secondary N) is 2. The molecule has 1 aromatic heterocycles. The first-order chi connectivity index (χ1) is 8.79. The Kier molecular flexibility index (Phi) is 3.98. The van der Waals surface area contributed by atoms with Crippen LogP contribution in [-0.4, -0.2) is 44.3 Å². The minimum absolute atomic E-state index is 0.0403. The molecule has 1 heterocycles. The number of aliphatic hydroxyl groups excluding tert-OH is 1. The average molecular weight is 247 g/mol. The first-order valence-electron chi connectivity index (χ1n) is 5.48. The Morgan fingerprint density at radius 1 is 1.39 bits per heavy atom. The van der Waals surface area contributed by atoms with Gasteiger partial charge in [-0.1, -0.05) is 30.3 Å². The molecule has 7 nitrogen and oxygen atoms in total. The number of aromatic amines is 1. The zero-order valence-electron chi connectivity index (χ0n) is 9.58. The van der Waals surface area contributed by atoms with Crippen molar-refractivity contribution in [3.8, 4) is 0 Å². The highest BCUT2D eigenvalue weighted by molar-refractivity contribution is 5.90. The van der Waals surface area contributed by atoms with E-state index in [2.05, 4.69) is 25.9 Å². The van der Waals surface area contributed by atoms with Crippen molar-refractivity contribution < 1.29 is 9.90 Å². The Morgan fingerprint density at radius 2 is 2.17 bits per heavy atom. The van der Waals surface area contributed by atoms with Gasteiger partial charge in [-0.15, -0.1) is 10.2 Å². The van der Waals surface area contributed by atoms with Gasteiger partial charge in [-0.05, 0) is 17.2 Å². The zero-order chi connectivity index (χ0) is 12.8. The molecule has 1 amide bonds. The van der Waals surface area contributed by atoms with Gasteiger partial charge in [-0.3, -0.25) is 4.79 Å². The second-order valence-electron chi connectivity index (χ2n) is 3.78. The summed E-state index contributed by atoms with van der Waals surface area (Å²) >= 11 is 0. The molecule has 1 atom stereocenters. The van der Waals surface area contributed by atoms with Crippen molar-refractivity contribution in [3.05, 3.63) is 41.7 Å². The number of carbonyl (C=O) groups is 1. The van der Waals surface area contributed by atoms with Crippen LogP contribution in [0.2, 0.25) is 0 Å². The lowest BCUT2D eigenvalue weighted by molar-refractivity contribution is 0.0906. The summed E-state index contributed by atoms with van der Waals surface area (Å²) in [7, 11) is 0. The average Bonchev–Trinajstić information content (AvgIpc) is 2.93. The molecule has 7 heteroatoms. The van der Waals surface area contributed by atoms with Crippen LogP contribution in [0.15, 0.2) is 30.3 Å². The maximum Gasteiger partial charge on any atom is 0.293 e. The number of aromatic nitrogens is 4. The Labute approximate surface area is 103 Å². The summed E-state index contributed by atoms with van der Waals surface area (Å²) in [4.78, 5) is 11.7. The van der Waals surface area contributed by atoms with Crippen LogP contribution in [0.1, 0.15) is 16.2 Å². The number of rotatable bonds is 5. The number of aliphatic hydroxyl groups is 1. The molecule has 0 radical (unpaired) electrons. The summed E-state index contributed by atoms with van der Waals surface area (Å²) in [6.45, 7) is -0.154. The Bertz CT molecular complexity index is 485. The van der Waals surface area contributed by atoms with Gasteiger partial charge in [-0.25, -0.2) is 0 Å². The number of benzene rings is 1. The van der Waals surface area contributed by atoms with Crippen molar-refractivity contribution in [1.29, 1.82) is 0 Å². The van der Waals surface area contributed by atoms with E-state index in [1.54, 1.807) is 0 Å². The third kappa shape index (κ3) is 3.11. The summed E-state index contributed by atoms with van der Waals surface area (Å²) in [6.07, 6.45) is 0.543. The van der Waals surface area contributed by atoms with Crippen LogP contribution >= 0.6 is 0 Å². The van der Waals surface area contributed by atoms with Gasteiger partial charge in [0.1, 0.15) is 0 Å². The van der Waals surface area contributed by atoms with Crippen LogP contribution in [0.5, 0.6) is 0 Å². The molecule has 2 aromatic rings. The summed E-state index contributed by atoms with van der Waals surface area (Å²) in [5, 5.41) is 24.5. The highest BCUT2D eigenvalue weighted by Gasteiger charge is 2.16.